The van der Waals surface area contributed by atoms with Crippen LogP contribution in [0.15, 0.2) is 12.2 Å². The Kier molecular flexibility index (Phi) is 3.41. The average Bonchev–Trinajstić information content (AvgIpc) is 2.48. The second kappa shape index (κ2) is 4.37. The lowest BCUT2D eigenvalue weighted by Gasteiger charge is -2.29. The third kappa shape index (κ3) is 1.85. The monoisotopic (exact) mass is 196 g/mol. The van der Waals surface area contributed by atoms with Crippen molar-refractivity contribution in [2.45, 2.75) is 38.1 Å². The molecule has 2 rings (SSSR count). The summed E-state index contributed by atoms with van der Waals surface area (Å²) >= 11 is 0. The summed E-state index contributed by atoms with van der Waals surface area (Å²) in [6, 6.07) is 0.170. The number of hydrogen-bond donors (Lipinski definition) is 1. The predicted octanol–water partition coefficient (Wildman–Crippen LogP) is 1.41. The Balaban J connectivity index is 0.000000980. The van der Waals surface area contributed by atoms with Gasteiger partial charge in [0, 0.05) is 18.2 Å². The Morgan fingerprint density at radius 2 is 1.50 bits per heavy atom. The highest BCUT2D eigenvalue weighted by Gasteiger charge is 2.31. The Morgan fingerprint density at radius 1 is 1.00 bits per heavy atom. The zero-order valence-corrected chi connectivity index (χ0v) is 8.24. The fraction of sp³-hybridized carbons (Fsp3) is 0.600. The van der Waals surface area contributed by atoms with Gasteiger partial charge in [-0.2, -0.15) is 0 Å². The molecule has 14 heavy (non-hydrogen) atoms. The molecule has 1 aliphatic carbocycles. The molecule has 0 aromatic carbocycles. The first-order valence-corrected chi connectivity index (χ1v) is 4.84. The van der Waals surface area contributed by atoms with Gasteiger partial charge in [-0.25, -0.2) is 0 Å². The first kappa shape index (κ1) is 10.9. The lowest BCUT2D eigenvalue weighted by molar-refractivity contribution is -0.140. The van der Waals surface area contributed by atoms with E-state index in [9.17, 15) is 9.59 Å². The average molecular weight is 196 g/mol. The molecule has 1 heterocycles. The van der Waals surface area contributed by atoms with E-state index in [1.54, 1.807) is 0 Å². The summed E-state index contributed by atoms with van der Waals surface area (Å²) in [5, 5.41) is 0. The summed E-state index contributed by atoms with van der Waals surface area (Å²) in [7, 11) is 0. The highest BCUT2D eigenvalue weighted by Crippen LogP contribution is 2.24. The fourth-order valence-electron chi connectivity index (χ4n) is 2.11. The van der Waals surface area contributed by atoms with Crippen molar-refractivity contribution in [3.8, 4) is 0 Å². The molecule has 0 aromatic heterocycles. The van der Waals surface area contributed by atoms with Gasteiger partial charge in [-0.3, -0.25) is 14.5 Å². The quantitative estimate of drug-likeness (QED) is 0.644. The molecule has 0 aromatic rings. The first-order chi connectivity index (χ1) is 6.29. The van der Waals surface area contributed by atoms with Crippen LogP contribution in [-0.2, 0) is 9.59 Å². The van der Waals surface area contributed by atoms with Gasteiger partial charge in [0.1, 0.15) is 0 Å². The molecule has 0 unspecified atom stereocenters. The van der Waals surface area contributed by atoms with Crippen LogP contribution in [-0.4, -0.2) is 22.8 Å². The van der Waals surface area contributed by atoms with Gasteiger partial charge in [0.05, 0.1) is 0 Å². The van der Waals surface area contributed by atoms with Gasteiger partial charge in [0.15, 0.2) is 0 Å². The van der Waals surface area contributed by atoms with E-state index in [1.165, 1.54) is 23.5 Å². The van der Waals surface area contributed by atoms with E-state index in [-0.39, 0.29) is 24.0 Å². The Bertz CT molecular complexity index is 249. The molecule has 78 valence electrons. The summed E-state index contributed by atoms with van der Waals surface area (Å²) in [5.41, 5.74) is 0. The van der Waals surface area contributed by atoms with Crippen LogP contribution in [0.25, 0.3) is 0 Å². The zero-order chi connectivity index (χ0) is 9.26. The van der Waals surface area contributed by atoms with Crippen LogP contribution < -0.4 is 6.15 Å². The van der Waals surface area contributed by atoms with Crippen molar-refractivity contribution in [3.05, 3.63) is 12.2 Å². The van der Waals surface area contributed by atoms with Gasteiger partial charge >= 0.3 is 0 Å². The minimum Gasteiger partial charge on any atom is -0.344 e. The van der Waals surface area contributed by atoms with E-state index < -0.39 is 0 Å². The number of amides is 2. The van der Waals surface area contributed by atoms with Crippen molar-refractivity contribution < 1.29 is 9.59 Å². The molecule has 2 amide bonds. The molecule has 0 atom stereocenters. The third-order valence-corrected chi connectivity index (χ3v) is 2.78. The number of carbonyl (C=O) groups excluding carboxylic acids is 2. The Hall–Kier alpha value is -1.16. The topological polar surface area (TPSA) is 72.4 Å². The zero-order valence-electron chi connectivity index (χ0n) is 8.24. The van der Waals surface area contributed by atoms with Gasteiger partial charge in [-0.05, 0) is 12.8 Å². The number of rotatable bonds is 1. The maximum atomic E-state index is 11.3. The van der Waals surface area contributed by atoms with E-state index in [4.69, 9.17) is 0 Å². The molecule has 1 aliphatic heterocycles. The molecular weight excluding hydrogens is 180 g/mol. The summed E-state index contributed by atoms with van der Waals surface area (Å²) in [6.45, 7) is 0. The molecule has 0 radical (unpaired) electrons. The van der Waals surface area contributed by atoms with Gasteiger partial charge in [0.25, 0.3) is 11.8 Å². The summed E-state index contributed by atoms with van der Waals surface area (Å²) < 4.78 is 0. The summed E-state index contributed by atoms with van der Waals surface area (Å²) in [5.74, 6) is -0.256. The van der Waals surface area contributed by atoms with Crippen LogP contribution >= 0.6 is 0 Å². The van der Waals surface area contributed by atoms with Crippen molar-refractivity contribution >= 4 is 11.8 Å². The number of carbonyl (C=O) groups is 2. The smallest absolute Gasteiger partial charge is 0.253 e. The van der Waals surface area contributed by atoms with E-state index in [0.717, 1.165) is 25.7 Å². The van der Waals surface area contributed by atoms with Crippen LogP contribution in [0.3, 0.4) is 0 Å². The fourth-order valence-corrected chi connectivity index (χ4v) is 2.11. The van der Waals surface area contributed by atoms with Crippen molar-refractivity contribution in [1.29, 1.82) is 0 Å². The molecule has 4 nitrogen and oxygen atoms in total. The first-order valence-electron chi connectivity index (χ1n) is 4.84. The molecule has 1 fully saturated rings. The van der Waals surface area contributed by atoms with Crippen LogP contribution in [0.1, 0.15) is 32.1 Å². The van der Waals surface area contributed by atoms with E-state index >= 15 is 0 Å². The lowest BCUT2D eigenvalue weighted by atomic mass is 9.94. The van der Waals surface area contributed by atoms with E-state index in [1.807, 2.05) is 0 Å². The molecule has 4 heteroatoms. The molecule has 3 N–H and O–H groups in total. The molecule has 0 spiro atoms. The van der Waals surface area contributed by atoms with Crippen LogP contribution in [0.4, 0.5) is 0 Å². The number of hydrogen-bond acceptors (Lipinski definition) is 3. The van der Waals surface area contributed by atoms with Gasteiger partial charge in [-0.15, -0.1) is 0 Å². The molecular formula is C10H16N2O2. The minimum atomic E-state index is -0.128. The largest absolute Gasteiger partial charge is 0.344 e. The molecule has 0 saturated heterocycles. The van der Waals surface area contributed by atoms with Crippen molar-refractivity contribution in [3.63, 3.8) is 0 Å². The predicted molar refractivity (Wildman–Crippen MR) is 52.9 cm³/mol. The van der Waals surface area contributed by atoms with Crippen molar-refractivity contribution in [2.75, 3.05) is 0 Å². The molecule has 2 aliphatic rings. The molecule has 1 saturated carbocycles. The second-order valence-electron chi connectivity index (χ2n) is 3.67. The Labute approximate surface area is 83.5 Å². The van der Waals surface area contributed by atoms with Crippen LogP contribution in [0, 0.1) is 0 Å². The van der Waals surface area contributed by atoms with E-state index in [2.05, 4.69) is 0 Å². The van der Waals surface area contributed by atoms with Gasteiger partial charge in [-0.1, -0.05) is 19.3 Å². The highest BCUT2D eigenvalue weighted by molar-refractivity contribution is 6.13. The van der Waals surface area contributed by atoms with Crippen LogP contribution in [0.2, 0.25) is 0 Å². The van der Waals surface area contributed by atoms with Gasteiger partial charge in [0.2, 0.25) is 0 Å². The number of nitrogens with zero attached hydrogens (tertiary/aromatic N) is 1. The third-order valence-electron chi connectivity index (χ3n) is 2.78. The second-order valence-corrected chi connectivity index (χ2v) is 3.67. The summed E-state index contributed by atoms with van der Waals surface area (Å²) in [4.78, 5) is 24.0. The van der Waals surface area contributed by atoms with Crippen molar-refractivity contribution in [1.82, 2.24) is 11.1 Å². The lowest BCUT2D eigenvalue weighted by Crippen LogP contribution is -2.41. The standard InChI is InChI=1S/C10H13NO2.H3N/c12-9-6-7-10(13)11(9)8-4-2-1-3-5-8;/h6-8H,1-5H2;1H3. The number of imide groups is 1. The SMILES string of the molecule is N.O=C1C=CC(=O)N1C1CCCCC1. The summed E-state index contributed by atoms with van der Waals surface area (Å²) in [6.07, 6.45) is 8.23. The van der Waals surface area contributed by atoms with Crippen LogP contribution in [0.5, 0.6) is 0 Å². The maximum absolute atomic E-state index is 11.3. The maximum Gasteiger partial charge on any atom is 0.253 e. The van der Waals surface area contributed by atoms with E-state index in [0.29, 0.717) is 0 Å². The normalized spacial score (nSPS) is 22.7. The molecule has 0 bridgehead atoms. The minimum absolute atomic E-state index is 0. The van der Waals surface area contributed by atoms with Crippen molar-refractivity contribution in [2.24, 2.45) is 0 Å². The highest BCUT2D eigenvalue weighted by atomic mass is 16.2. The Morgan fingerprint density at radius 3 is 2.00 bits per heavy atom. The van der Waals surface area contributed by atoms with Gasteiger partial charge < -0.3 is 6.15 Å².